The summed E-state index contributed by atoms with van der Waals surface area (Å²) in [5, 5.41) is 2.27. The zero-order chi connectivity index (χ0) is 12.2. The molecular formula is C8H16ClN3O3S. The molecule has 0 radical (unpaired) electrons. The lowest BCUT2D eigenvalue weighted by Crippen LogP contribution is -2.53. The van der Waals surface area contributed by atoms with Crippen LogP contribution in [-0.4, -0.2) is 61.6 Å². The number of hydrogen-bond donors (Lipinski definition) is 1. The van der Waals surface area contributed by atoms with Gasteiger partial charge in [-0.15, -0.1) is 11.6 Å². The molecule has 2 amide bonds. The molecule has 0 bridgehead atoms. The molecule has 1 aliphatic heterocycles. The summed E-state index contributed by atoms with van der Waals surface area (Å²) in [6.45, 7) is 3.84. The van der Waals surface area contributed by atoms with Crippen molar-refractivity contribution >= 4 is 27.7 Å². The molecule has 0 aliphatic carbocycles. The van der Waals surface area contributed by atoms with Crippen LogP contribution in [-0.2, 0) is 10.0 Å². The van der Waals surface area contributed by atoms with Gasteiger partial charge in [0.2, 0.25) is 10.0 Å². The van der Waals surface area contributed by atoms with E-state index in [1.165, 1.54) is 4.31 Å². The van der Waals surface area contributed by atoms with Crippen molar-refractivity contribution in [2.75, 3.05) is 37.9 Å². The van der Waals surface area contributed by atoms with Crippen LogP contribution < -0.4 is 5.32 Å². The second-order valence-electron chi connectivity index (χ2n) is 3.44. The Balaban J connectivity index is 2.49. The lowest BCUT2D eigenvalue weighted by atomic mass is 10.4. The first-order valence-corrected chi connectivity index (χ1v) is 7.22. The Bertz CT molecular complexity index is 338. The van der Waals surface area contributed by atoms with E-state index in [9.17, 15) is 13.2 Å². The maximum Gasteiger partial charge on any atom is 0.317 e. The number of piperazine rings is 1. The molecule has 94 valence electrons. The average Bonchev–Trinajstić information content (AvgIpc) is 2.29. The quantitative estimate of drug-likeness (QED) is 0.725. The zero-order valence-electron chi connectivity index (χ0n) is 9.15. The number of nitrogens with zero attached hydrogens (tertiary/aromatic N) is 2. The maximum atomic E-state index is 11.4. The average molecular weight is 270 g/mol. The van der Waals surface area contributed by atoms with E-state index in [0.717, 1.165) is 0 Å². The number of carbonyl (C=O) groups excluding carboxylic acids is 1. The van der Waals surface area contributed by atoms with Gasteiger partial charge < -0.3 is 10.2 Å². The van der Waals surface area contributed by atoms with E-state index >= 15 is 0 Å². The number of alkyl halides is 1. The second-order valence-corrected chi connectivity index (χ2v) is 6.00. The number of halogens is 1. The fraction of sp³-hybridized carbons (Fsp3) is 0.875. The fourth-order valence-corrected chi connectivity index (χ4v) is 2.77. The zero-order valence-corrected chi connectivity index (χ0v) is 10.7. The van der Waals surface area contributed by atoms with Gasteiger partial charge in [-0.2, -0.15) is 4.31 Å². The summed E-state index contributed by atoms with van der Waals surface area (Å²) in [7, 11) is -3.34. The van der Waals surface area contributed by atoms with Crippen LogP contribution in [0.2, 0.25) is 0 Å². The topological polar surface area (TPSA) is 69.7 Å². The molecule has 0 spiro atoms. The van der Waals surface area contributed by atoms with Crippen LogP contribution in [0.3, 0.4) is 0 Å². The molecule has 0 aromatic heterocycles. The van der Waals surface area contributed by atoms with Crippen LogP contribution in [0.25, 0.3) is 0 Å². The summed E-state index contributed by atoms with van der Waals surface area (Å²) in [5.74, 6) is 0. The first-order chi connectivity index (χ1) is 7.51. The first-order valence-electron chi connectivity index (χ1n) is 5.08. The normalized spacial score (nSPS) is 18.5. The summed E-state index contributed by atoms with van der Waals surface area (Å²) in [6, 6.07) is -0.148. The summed E-state index contributed by atoms with van der Waals surface area (Å²) in [4.78, 5) is 13.0. The Hall–Kier alpha value is -0.530. The molecule has 1 heterocycles. The Morgan fingerprint density at radius 3 is 2.31 bits per heavy atom. The Labute approximate surface area is 101 Å². The first kappa shape index (κ1) is 13.5. The van der Waals surface area contributed by atoms with Gasteiger partial charge >= 0.3 is 6.03 Å². The van der Waals surface area contributed by atoms with Gasteiger partial charge in [0.1, 0.15) is 5.21 Å². The summed E-state index contributed by atoms with van der Waals surface area (Å²) in [6.07, 6.45) is 0. The van der Waals surface area contributed by atoms with Crippen LogP contribution in [0.15, 0.2) is 0 Å². The predicted molar refractivity (Wildman–Crippen MR) is 61.9 cm³/mol. The van der Waals surface area contributed by atoms with Crippen LogP contribution in [0.5, 0.6) is 0 Å². The predicted octanol–water partition coefficient (Wildman–Crippen LogP) is -0.140. The van der Waals surface area contributed by atoms with Gasteiger partial charge in [0, 0.05) is 32.7 Å². The van der Waals surface area contributed by atoms with E-state index in [1.807, 2.05) is 6.92 Å². The monoisotopic (exact) mass is 269 g/mol. The molecule has 0 atom stereocenters. The molecule has 1 N–H and O–H groups in total. The van der Waals surface area contributed by atoms with Crippen molar-refractivity contribution in [3.8, 4) is 0 Å². The number of carbonyl (C=O) groups is 1. The van der Waals surface area contributed by atoms with Crippen LogP contribution in [0.1, 0.15) is 6.92 Å². The van der Waals surface area contributed by atoms with Crippen LogP contribution in [0, 0.1) is 0 Å². The molecule has 0 saturated carbocycles. The largest absolute Gasteiger partial charge is 0.338 e. The van der Waals surface area contributed by atoms with Crippen molar-refractivity contribution in [3.05, 3.63) is 0 Å². The molecule has 8 heteroatoms. The van der Waals surface area contributed by atoms with E-state index in [0.29, 0.717) is 32.7 Å². The van der Waals surface area contributed by atoms with Crippen molar-refractivity contribution in [1.82, 2.24) is 14.5 Å². The molecule has 1 rings (SSSR count). The van der Waals surface area contributed by atoms with Gasteiger partial charge in [0.05, 0.1) is 0 Å². The molecule has 0 aromatic carbocycles. The van der Waals surface area contributed by atoms with Crippen LogP contribution in [0.4, 0.5) is 4.79 Å². The van der Waals surface area contributed by atoms with Gasteiger partial charge in [-0.1, -0.05) is 0 Å². The van der Waals surface area contributed by atoms with E-state index in [4.69, 9.17) is 11.6 Å². The molecule has 1 saturated heterocycles. The van der Waals surface area contributed by atoms with Crippen LogP contribution >= 0.6 is 11.6 Å². The van der Waals surface area contributed by atoms with E-state index in [2.05, 4.69) is 5.32 Å². The van der Waals surface area contributed by atoms with Gasteiger partial charge in [0.25, 0.3) is 0 Å². The molecule has 0 unspecified atom stereocenters. The minimum absolute atomic E-state index is 0.148. The number of nitrogens with one attached hydrogen (secondary N) is 1. The van der Waals surface area contributed by atoms with Crippen molar-refractivity contribution in [1.29, 1.82) is 0 Å². The van der Waals surface area contributed by atoms with E-state index in [1.54, 1.807) is 4.90 Å². The number of sulfonamides is 1. The van der Waals surface area contributed by atoms with Gasteiger partial charge in [0.15, 0.2) is 0 Å². The van der Waals surface area contributed by atoms with Crippen molar-refractivity contribution in [3.63, 3.8) is 0 Å². The fourth-order valence-electron chi connectivity index (χ4n) is 1.50. The van der Waals surface area contributed by atoms with Crippen molar-refractivity contribution in [2.24, 2.45) is 0 Å². The minimum Gasteiger partial charge on any atom is -0.338 e. The Kier molecular flexibility index (Phi) is 4.82. The Morgan fingerprint density at radius 1 is 1.31 bits per heavy atom. The third kappa shape index (κ3) is 3.23. The third-order valence-electron chi connectivity index (χ3n) is 2.39. The van der Waals surface area contributed by atoms with Crippen molar-refractivity contribution < 1.29 is 13.2 Å². The lowest BCUT2D eigenvalue weighted by Gasteiger charge is -2.33. The summed E-state index contributed by atoms with van der Waals surface area (Å²) < 4.78 is 24.2. The molecule has 6 nitrogen and oxygen atoms in total. The molecule has 1 fully saturated rings. The lowest BCUT2D eigenvalue weighted by molar-refractivity contribution is 0.173. The van der Waals surface area contributed by atoms with Gasteiger partial charge in [-0.3, -0.25) is 0 Å². The number of rotatable bonds is 3. The molecule has 1 aliphatic rings. The third-order valence-corrected chi connectivity index (χ3v) is 4.64. The molecular weight excluding hydrogens is 254 g/mol. The number of urea groups is 1. The minimum atomic E-state index is -3.34. The smallest absolute Gasteiger partial charge is 0.317 e. The van der Waals surface area contributed by atoms with Crippen molar-refractivity contribution in [2.45, 2.75) is 6.92 Å². The molecule has 0 aromatic rings. The van der Waals surface area contributed by atoms with Gasteiger partial charge in [-0.05, 0) is 6.92 Å². The SMILES string of the molecule is CCNC(=O)N1CCN(S(=O)(=O)CCl)CC1. The number of amides is 2. The molecule has 16 heavy (non-hydrogen) atoms. The summed E-state index contributed by atoms with van der Waals surface area (Å²) in [5.41, 5.74) is 0. The Morgan fingerprint density at radius 2 is 1.88 bits per heavy atom. The standard InChI is InChI=1S/C8H16ClN3O3S/c1-2-10-8(13)11-3-5-12(6-4-11)16(14,15)7-9/h2-7H2,1H3,(H,10,13). The number of hydrogen-bond acceptors (Lipinski definition) is 3. The highest BCUT2D eigenvalue weighted by Gasteiger charge is 2.27. The van der Waals surface area contributed by atoms with E-state index in [-0.39, 0.29) is 6.03 Å². The second kappa shape index (κ2) is 5.70. The highest BCUT2D eigenvalue weighted by Crippen LogP contribution is 2.09. The van der Waals surface area contributed by atoms with E-state index < -0.39 is 15.2 Å². The summed E-state index contributed by atoms with van der Waals surface area (Å²) >= 11 is 5.35. The maximum absolute atomic E-state index is 11.4. The van der Waals surface area contributed by atoms with Gasteiger partial charge in [-0.25, -0.2) is 13.2 Å². The highest BCUT2D eigenvalue weighted by atomic mass is 35.5. The highest BCUT2D eigenvalue weighted by molar-refractivity contribution is 7.90.